The first-order chi connectivity index (χ1) is 6.25. The van der Waals surface area contributed by atoms with Gasteiger partial charge in [-0.1, -0.05) is 27.7 Å². The molecule has 4 heteroatoms. The van der Waals surface area contributed by atoms with Crippen molar-refractivity contribution in [2.75, 3.05) is 0 Å². The van der Waals surface area contributed by atoms with Crippen LogP contribution in [0.3, 0.4) is 0 Å². The average molecular weight is 220 g/mol. The van der Waals surface area contributed by atoms with Gasteiger partial charge in [0, 0.05) is 0 Å². The molecule has 0 bridgehead atoms. The Kier molecular flexibility index (Phi) is 3.26. The first-order valence-corrected chi connectivity index (χ1v) is 6.71. The molecule has 0 radical (unpaired) electrons. The summed E-state index contributed by atoms with van der Waals surface area (Å²) in [5.41, 5.74) is 0. The van der Waals surface area contributed by atoms with E-state index in [9.17, 15) is 8.42 Å². The molecule has 1 fully saturated rings. The normalized spacial score (nSPS) is 45.1. The van der Waals surface area contributed by atoms with Gasteiger partial charge in [0.15, 0.2) is 0 Å². The van der Waals surface area contributed by atoms with E-state index >= 15 is 0 Å². The molecular weight excluding hydrogens is 200 g/mol. The SMILES string of the molecule is CC1C[C@@H](C)C(C)C(C)C1S(=O)(=O)O. The van der Waals surface area contributed by atoms with Gasteiger partial charge < -0.3 is 0 Å². The van der Waals surface area contributed by atoms with E-state index in [0.717, 1.165) is 6.42 Å². The maximum Gasteiger partial charge on any atom is 0.268 e. The van der Waals surface area contributed by atoms with Crippen LogP contribution in [-0.2, 0) is 10.1 Å². The van der Waals surface area contributed by atoms with E-state index in [0.29, 0.717) is 11.8 Å². The number of hydrogen-bond acceptors (Lipinski definition) is 2. The topological polar surface area (TPSA) is 54.4 Å². The third kappa shape index (κ3) is 2.11. The Balaban J connectivity index is 2.96. The van der Waals surface area contributed by atoms with Crippen molar-refractivity contribution in [3.63, 3.8) is 0 Å². The maximum absolute atomic E-state index is 11.2. The summed E-state index contributed by atoms with van der Waals surface area (Å²) in [5, 5.41) is -0.575. The van der Waals surface area contributed by atoms with Crippen LogP contribution >= 0.6 is 0 Å². The van der Waals surface area contributed by atoms with E-state index in [1.165, 1.54) is 0 Å². The molecule has 0 spiro atoms. The van der Waals surface area contributed by atoms with Crippen LogP contribution in [0.5, 0.6) is 0 Å². The predicted octanol–water partition coefficient (Wildman–Crippen LogP) is 2.19. The van der Waals surface area contributed by atoms with Crippen molar-refractivity contribution < 1.29 is 13.0 Å². The number of hydrogen-bond donors (Lipinski definition) is 1. The lowest BCUT2D eigenvalue weighted by Gasteiger charge is -2.40. The standard InChI is InChI=1S/C10H20O3S/c1-6-5-7(2)10(14(11,12)13)9(4)8(6)3/h6-10H,5H2,1-4H3,(H,11,12,13)/t6-,7?,8?,9?,10?/m1/s1. The summed E-state index contributed by atoms with van der Waals surface area (Å²) in [7, 11) is -3.88. The summed E-state index contributed by atoms with van der Waals surface area (Å²) < 4.78 is 31.6. The Labute approximate surface area is 86.6 Å². The van der Waals surface area contributed by atoms with Crippen molar-refractivity contribution in [2.45, 2.75) is 39.4 Å². The fourth-order valence-corrected chi connectivity index (χ4v) is 4.32. The molecule has 4 unspecified atom stereocenters. The fourth-order valence-electron chi connectivity index (χ4n) is 2.84. The highest BCUT2D eigenvalue weighted by molar-refractivity contribution is 7.86. The summed E-state index contributed by atoms with van der Waals surface area (Å²) in [4.78, 5) is 0. The lowest BCUT2D eigenvalue weighted by atomic mass is 9.70. The molecule has 0 aromatic carbocycles. The molecule has 0 amide bonds. The van der Waals surface area contributed by atoms with Gasteiger partial charge in [0.2, 0.25) is 0 Å². The molecule has 3 nitrogen and oxygen atoms in total. The minimum atomic E-state index is -3.88. The molecule has 1 rings (SSSR count). The van der Waals surface area contributed by atoms with E-state index in [1.54, 1.807) is 0 Å². The fraction of sp³-hybridized carbons (Fsp3) is 1.00. The molecule has 0 heterocycles. The van der Waals surface area contributed by atoms with Crippen LogP contribution in [0.25, 0.3) is 0 Å². The van der Waals surface area contributed by atoms with Gasteiger partial charge in [0.25, 0.3) is 10.1 Å². The summed E-state index contributed by atoms with van der Waals surface area (Å²) in [5.74, 6) is 1.01. The van der Waals surface area contributed by atoms with Gasteiger partial charge in [-0.2, -0.15) is 8.42 Å². The van der Waals surface area contributed by atoms with E-state index < -0.39 is 15.4 Å². The summed E-state index contributed by atoms with van der Waals surface area (Å²) in [6, 6.07) is 0. The van der Waals surface area contributed by atoms with Crippen LogP contribution in [0, 0.1) is 23.7 Å². The third-order valence-corrected chi connectivity index (χ3v) is 5.48. The van der Waals surface area contributed by atoms with Gasteiger partial charge in [-0.15, -0.1) is 0 Å². The average Bonchev–Trinajstić information content (AvgIpc) is 1.97. The van der Waals surface area contributed by atoms with Gasteiger partial charge >= 0.3 is 0 Å². The van der Waals surface area contributed by atoms with Crippen LogP contribution in [0.15, 0.2) is 0 Å². The minimum absolute atomic E-state index is 0.0451. The molecule has 0 aliphatic heterocycles. The predicted molar refractivity (Wildman–Crippen MR) is 56.6 cm³/mol. The van der Waals surface area contributed by atoms with E-state index in [-0.39, 0.29) is 11.8 Å². The Morgan fingerprint density at radius 3 is 1.93 bits per heavy atom. The second-order valence-electron chi connectivity index (χ2n) is 4.89. The van der Waals surface area contributed by atoms with E-state index in [1.807, 2.05) is 13.8 Å². The van der Waals surface area contributed by atoms with Crippen molar-refractivity contribution in [2.24, 2.45) is 23.7 Å². The zero-order valence-electron chi connectivity index (χ0n) is 9.27. The summed E-state index contributed by atoms with van der Waals surface area (Å²) in [6.07, 6.45) is 0.885. The molecule has 14 heavy (non-hydrogen) atoms. The van der Waals surface area contributed by atoms with Crippen molar-refractivity contribution in [3.8, 4) is 0 Å². The zero-order valence-corrected chi connectivity index (χ0v) is 10.1. The number of rotatable bonds is 1. The molecule has 0 saturated heterocycles. The summed E-state index contributed by atoms with van der Waals surface area (Å²) >= 11 is 0. The van der Waals surface area contributed by atoms with Crippen LogP contribution in [0.4, 0.5) is 0 Å². The van der Waals surface area contributed by atoms with Gasteiger partial charge in [0.05, 0.1) is 5.25 Å². The smallest absolute Gasteiger partial charge is 0.268 e. The van der Waals surface area contributed by atoms with Gasteiger partial charge in [0.1, 0.15) is 0 Å². The van der Waals surface area contributed by atoms with E-state index in [2.05, 4.69) is 13.8 Å². The largest absolute Gasteiger partial charge is 0.285 e. The quantitative estimate of drug-likeness (QED) is 0.689. The monoisotopic (exact) mass is 220 g/mol. The molecule has 1 N–H and O–H groups in total. The highest BCUT2D eigenvalue weighted by Crippen LogP contribution is 2.40. The Bertz CT molecular complexity index is 296. The van der Waals surface area contributed by atoms with Crippen molar-refractivity contribution in [1.82, 2.24) is 0 Å². The van der Waals surface area contributed by atoms with Crippen molar-refractivity contribution in [1.29, 1.82) is 0 Å². The van der Waals surface area contributed by atoms with Gasteiger partial charge in [-0.3, -0.25) is 4.55 Å². The minimum Gasteiger partial charge on any atom is -0.285 e. The Hall–Kier alpha value is -0.0900. The van der Waals surface area contributed by atoms with Crippen LogP contribution < -0.4 is 0 Å². The molecule has 1 aliphatic rings. The summed E-state index contributed by atoms with van der Waals surface area (Å²) in [6.45, 7) is 8.06. The highest BCUT2D eigenvalue weighted by Gasteiger charge is 2.42. The van der Waals surface area contributed by atoms with Crippen LogP contribution in [0.1, 0.15) is 34.1 Å². The third-order valence-electron chi connectivity index (χ3n) is 3.89. The highest BCUT2D eigenvalue weighted by atomic mass is 32.2. The molecular formula is C10H20O3S. The molecule has 5 atom stereocenters. The molecule has 84 valence electrons. The first-order valence-electron chi connectivity index (χ1n) is 5.21. The van der Waals surface area contributed by atoms with Crippen LogP contribution in [-0.4, -0.2) is 18.2 Å². The lowest BCUT2D eigenvalue weighted by molar-refractivity contribution is 0.150. The van der Waals surface area contributed by atoms with Gasteiger partial charge in [-0.05, 0) is 30.1 Å². The van der Waals surface area contributed by atoms with E-state index in [4.69, 9.17) is 4.55 Å². The molecule has 1 aliphatic carbocycles. The zero-order chi connectivity index (χ0) is 11.1. The van der Waals surface area contributed by atoms with Crippen molar-refractivity contribution in [3.05, 3.63) is 0 Å². The first kappa shape index (κ1) is 12.0. The molecule has 0 aromatic rings. The second kappa shape index (κ2) is 3.81. The van der Waals surface area contributed by atoms with Crippen molar-refractivity contribution >= 4 is 10.1 Å². The van der Waals surface area contributed by atoms with Gasteiger partial charge in [-0.25, -0.2) is 0 Å². The molecule has 0 aromatic heterocycles. The molecule has 1 saturated carbocycles. The maximum atomic E-state index is 11.2. The van der Waals surface area contributed by atoms with Crippen LogP contribution in [0.2, 0.25) is 0 Å². The lowest BCUT2D eigenvalue weighted by Crippen LogP contribution is -2.44. The Morgan fingerprint density at radius 1 is 1.00 bits per heavy atom. The second-order valence-corrected chi connectivity index (χ2v) is 6.46. The Morgan fingerprint density at radius 2 is 1.50 bits per heavy atom.